The van der Waals surface area contributed by atoms with E-state index in [0.717, 1.165) is 5.82 Å². The number of hydrogen-bond donors (Lipinski definition) is 1. The zero-order valence-corrected chi connectivity index (χ0v) is 11.7. The fourth-order valence-electron chi connectivity index (χ4n) is 2.27. The number of rotatable bonds is 4. The summed E-state index contributed by atoms with van der Waals surface area (Å²) in [6.45, 7) is 6.37. The Hall–Kier alpha value is -1.62. The second-order valence-electron chi connectivity index (χ2n) is 4.82. The van der Waals surface area contributed by atoms with E-state index in [1.807, 2.05) is 41.9 Å². The first-order valence-electron chi connectivity index (χ1n) is 6.22. The van der Waals surface area contributed by atoms with E-state index >= 15 is 0 Å². The van der Waals surface area contributed by atoms with Gasteiger partial charge in [-0.3, -0.25) is 4.68 Å². The van der Waals surface area contributed by atoms with E-state index in [9.17, 15) is 0 Å². The predicted octanol–water partition coefficient (Wildman–Crippen LogP) is 1.87. The van der Waals surface area contributed by atoms with Crippen molar-refractivity contribution in [3.63, 3.8) is 0 Å². The van der Waals surface area contributed by atoms with E-state index in [1.165, 1.54) is 11.3 Å². The third-order valence-electron chi connectivity index (χ3n) is 3.49. The van der Waals surface area contributed by atoms with Gasteiger partial charge in [-0.15, -0.1) is 0 Å². The maximum atomic E-state index is 4.37. The lowest BCUT2D eigenvalue weighted by molar-refractivity contribution is 0.465. The van der Waals surface area contributed by atoms with Crippen molar-refractivity contribution < 1.29 is 0 Å². The molecule has 0 bridgehead atoms. The van der Waals surface area contributed by atoms with Gasteiger partial charge in [-0.05, 0) is 20.8 Å². The van der Waals surface area contributed by atoms with Gasteiger partial charge in [-0.1, -0.05) is 0 Å². The van der Waals surface area contributed by atoms with Gasteiger partial charge >= 0.3 is 0 Å². The summed E-state index contributed by atoms with van der Waals surface area (Å²) >= 11 is 0. The standard InChI is InChI=1S/C13H21N5/c1-9(12-8-15-18(5)11(12)3)16-10(2)13-14-6-7-17(13)4/h6-10,16H,1-5H3. The SMILES string of the molecule is Cc1c(C(C)NC(C)c2nccn2C)cnn1C. The van der Waals surface area contributed by atoms with Crippen molar-refractivity contribution in [1.82, 2.24) is 24.6 Å². The van der Waals surface area contributed by atoms with Gasteiger partial charge in [-0.2, -0.15) is 5.10 Å². The number of nitrogens with zero attached hydrogens (tertiary/aromatic N) is 4. The van der Waals surface area contributed by atoms with E-state index in [1.54, 1.807) is 0 Å². The lowest BCUT2D eigenvalue weighted by Crippen LogP contribution is -2.25. The molecule has 0 spiro atoms. The summed E-state index contributed by atoms with van der Waals surface area (Å²) in [5.74, 6) is 1.04. The highest BCUT2D eigenvalue weighted by atomic mass is 15.3. The normalized spacial score (nSPS) is 14.7. The number of nitrogens with one attached hydrogen (secondary N) is 1. The maximum Gasteiger partial charge on any atom is 0.125 e. The Bertz CT molecular complexity index is 525. The first kappa shape index (κ1) is 12.8. The topological polar surface area (TPSA) is 47.7 Å². The Morgan fingerprint density at radius 3 is 2.44 bits per heavy atom. The van der Waals surface area contributed by atoms with Gasteiger partial charge in [0.05, 0.1) is 12.2 Å². The van der Waals surface area contributed by atoms with Crippen molar-refractivity contribution in [3.8, 4) is 0 Å². The number of aryl methyl sites for hydroxylation is 2. The second-order valence-corrected chi connectivity index (χ2v) is 4.82. The summed E-state index contributed by atoms with van der Waals surface area (Å²) in [5.41, 5.74) is 2.43. The fraction of sp³-hybridized carbons (Fsp3) is 0.538. The summed E-state index contributed by atoms with van der Waals surface area (Å²) in [6, 6.07) is 0.463. The smallest absolute Gasteiger partial charge is 0.125 e. The van der Waals surface area contributed by atoms with Gasteiger partial charge in [0.1, 0.15) is 5.82 Å². The van der Waals surface area contributed by atoms with Crippen LogP contribution < -0.4 is 5.32 Å². The summed E-state index contributed by atoms with van der Waals surface area (Å²) in [5, 5.41) is 7.84. The minimum absolute atomic E-state index is 0.208. The van der Waals surface area contributed by atoms with E-state index in [4.69, 9.17) is 0 Å². The van der Waals surface area contributed by atoms with E-state index < -0.39 is 0 Å². The highest BCUT2D eigenvalue weighted by Crippen LogP contribution is 2.20. The molecule has 0 aliphatic carbocycles. The zero-order valence-electron chi connectivity index (χ0n) is 11.7. The summed E-state index contributed by atoms with van der Waals surface area (Å²) < 4.78 is 3.94. The lowest BCUT2D eigenvalue weighted by atomic mass is 10.1. The Kier molecular flexibility index (Phi) is 3.52. The molecule has 0 saturated carbocycles. The molecule has 2 heterocycles. The molecule has 0 aliphatic rings. The van der Waals surface area contributed by atoms with Crippen molar-refractivity contribution >= 4 is 0 Å². The largest absolute Gasteiger partial charge is 0.337 e. The molecular formula is C13H21N5. The molecular weight excluding hydrogens is 226 g/mol. The molecule has 0 aliphatic heterocycles. The molecule has 1 N–H and O–H groups in total. The lowest BCUT2D eigenvalue weighted by Gasteiger charge is -2.19. The van der Waals surface area contributed by atoms with Crippen molar-refractivity contribution in [3.05, 3.63) is 35.7 Å². The van der Waals surface area contributed by atoms with E-state index in [2.05, 4.69) is 36.2 Å². The molecule has 5 nitrogen and oxygen atoms in total. The molecule has 2 atom stereocenters. The Labute approximate surface area is 108 Å². The van der Waals surface area contributed by atoms with Crippen LogP contribution in [0.4, 0.5) is 0 Å². The summed E-state index contributed by atoms with van der Waals surface area (Å²) in [4.78, 5) is 4.37. The van der Waals surface area contributed by atoms with Gasteiger partial charge in [0.2, 0.25) is 0 Å². The number of hydrogen-bond acceptors (Lipinski definition) is 3. The third kappa shape index (κ3) is 2.31. The molecule has 2 aromatic rings. The maximum absolute atomic E-state index is 4.37. The first-order valence-corrected chi connectivity index (χ1v) is 6.22. The molecule has 0 amide bonds. The molecule has 2 rings (SSSR count). The van der Waals surface area contributed by atoms with Crippen LogP contribution in [0.3, 0.4) is 0 Å². The molecule has 0 fully saturated rings. The number of aromatic nitrogens is 4. The molecule has 0 saturated heterocycles. The van der Waals surface area contributed by atoms with Gasteiger partial charge < -0.3 is 9.88 Å². The molecule has 2 aromatic heterocycles. The molecule has 18 heavy (non-hydrogen) atoms. The van der Waals surface area contributed by atoms with Crippen LogP contribution in [-0.4, -0.2) is 19.3 Å². The Morgan fingerprint density at radius 1 is 1.22 bits per heavy atom. The van der Waals surface area contributed by atoms with Crippen LogP contribution in [0.2, 0.25) is 0 Å². The van der Waals surface area contributed by atoms with Crippen molar-refractivity contribution in [2.75, 3.05) is 0 Å². The van der Waals surface area contributed by atoms with Crippen LogP contribution in [0, 0.1) is 6.92 Å². The van der Waals surface area contributed by atoms with Crippen LogP contribution in [0.1, 0.15) is 43.0 Å². The third-order valence-corrected chi connectivity index (χ3v) is 3.49. The minimum atomic E-state index is 0.208. The first-order chi connectivity index (χ1) is 8.50. The molecule has 0 radical (unpaired) electrons. The van der Waals surface area contributed by atoms with E-state index in [0.29, 0.717) is 0 Å². The van der Waals surface area contributed by atoms with Gasteiger partial charge in [0.25, 0.3) is 0 Å². The predicted molar refractivity (Wildman–Crippen MR) is 71.1 cm³/mol. The average molecular weight is 247 g/mol. The molecule has 0 aromatic carbocycles. The summed E-state index contributed by atoms with van der Waals surface area (Å²) in [7, 11) is 3.98. The fourth-order valence-corrected chi connectivity index (χ4v) is 2.27. The summed E-state index contributed by atoms with van der Waals surface area (Å²) in [6.07, 6.45) is 5.72. The zero-order chi connectivity index (χ0) is 13.3. The van der Waals surface area contributed by atoms with Crippen molar-refractivity contribution in [1.29, 1.82) is 0 Å². The quantitative estimate of drug-likeness (QED) is 0.897. The van der Waals surface area contributed by atoms with E-state index in [-0.39, 0.29) is 12.1 Å². The number of imidazole rings is 1. The van der Waals surface area contributed by atoms with Crippen LogP contribution in [0.5, 0.6) is 0 Å². The van der Waals surface area contributed by atoms with Gasteiger partial charge in [0.15, 0.2) is 0 Å². The highest BCUT2D eigenvalue weighted by Gasteiger charge is 2.17. The Balaban J connectivity index is 2.10. The Morgan fingerprint density at radius 2 is 1.94 bits per heavy atom. The van der Waals surface area contributed by atoms with Crippen LogP contribution in [-0.2, 0) is 14.1 Å². The molecule has 98 valence electrons. The van der Waals surface area contributed by atoms with Crippen LogP contribution in [0.25, 0.3) is 0 Å². The minimum Gasteiger partial charge on any atom is -0.337 e. The highest BCUT2D eigenvalue weighted by molar-refractivity contribution is 5.20. The van der Waals surface area contributed by atoms with Crippen molar-refractivity contribution in [2.45, 2.75) is 32.9 Å². The monoisotopic (exact) mass is 247 g/mol. The van der Waals surface area contributed by atoms with Crippen molar-refractivity contribution in [2.24, 2.45) is 14.1 Å². The second kappa shape index (κ2) is 4.94. The molecule has 2 unspecified atom stereocenters. The average Bonchev–Trinajstić information content (AvgIpc) is 2.87. The van der Waals surface area contributed by atoms with Crippen LogP contribution >= 0.6 is 0 Å². The van der Waals surface area contributed by atoms with Gasteiger partial charge in [-0.25, -0.2) is 4.98 Å². The van der Waals surface area contributed by atoms with Gasteiger partial charge in [0, 0.05) is 43.8 Å². The van der Waals surface area contributed by atoms with Crippen LogP contribution in [0.15, 0.2) is 18.6 Å². The molecule has 5 heteroatoms.